The maximum Gasteiger partial charge on any atom is 0.257 e. The minimum atomic E-state index is -0.678. The summed E-state index contributed by atoms with van der Waals surface area (Å²) in [7, 11) is 0. The summed E-state index contributed by atoms with van der Waals surface area (Å²) in [6.07, 6.45) is 0. The van der Waals surface area contributed by atoms with E-state index in [-0.39, 0.29) is 24.0 Å². The number of hydrogen-bond donors (Lipinski definition) is 1. The molecule has 0 aliphatic carbocycles. The zero-order valence-electron chi connectivity index (χ0n) is 9.95. The van der Waals surface area contributed by atoms with E-state index in [0.717, 1.165) is 18.2 Å². The van der Waals surface area contributed by atoms with Gasteiger partial charge in [0.2, 0.25) is 0 Å². The Morgan fingerprint density at radius 1 is 1.44 bits per heavy atom. The Hall–Kier alpha value is -1.20. The van der Waals surface area contributed by atoms with Crippen molar-refractivity contribution in [2.75, 3.05) is 19.6 Å². The van der Waals surface area contributed by atoms with Gasteiger partial charge in [0.05, 0.1) is 5.56 Å². The second-order valence-electron chi connectivity index (χ2n) is 4.23. The second kappa shape index (κ2) is 6.11. The summed E-state index contributed by atoms with van der Waals surface area (Å²) in [6.45, 7) is 3.64. The highest BCUT2D eigenvalue weighted by molar-refractivity contribution is 5.94. The summed E-state index contributed by atoms with van der Waals surface area (Å²) >= 11 is 0. The van der Waals surface area contributed by atoms with Crippen LogP contribution in [0.1, 0.15) is 17.3 Å². The summed E-state index contributed by atoms with van der Waals surface area (Å²) < 4.78 is 26.4. The van der Waals surface area contributed by atoms with Crippen molar-refractivity contribution in [2.45, 2.75) is 13.0 Å². The number of halogens is 3. The third kappa shape index (κ3) is 3.17. The molecule has 6 heteroatoms. The predicted octanol–water partition coefficient (Wildman–Crippen LogP) is 1.82. The molecule has 1 N–H and O–H groups in total. The van der Waals surface area contributed by atoms with Crippen LogP contribution >= 0.6 is 12.4 Å². The van der Waals surface area contributed by atoms with E-state index in [4.69, 9.17) is 0 Å². The number of benzene rings is 1. The number of nitrogens with zero attached hydrogens (tertiary/aromatic N) is 1. The minimum absolute atomic E-state index is 0. The highest BCUT2D eigenvalue weighted by Crippen LogP contribution is 2.13. The quantitative estimate of drug-likeness (QED) is 0.849. The van der Waals surface area contributed by atoms with Crippen molar-refractivity contribution in [1.29, 1.82) is 0 Å². The molecule has 1 aliphatic heterocycles. The van der Waals surface area contributed by atoms with Crippen LogP contribution in [0.25, 0.3) is 0 Å². The smallest absolute Gasteiger partial charge is 0.257 e. The second-order valence-corrected chi connectivity index (χ2v) is 4.23. The molecule has 0 bridgehead atoms. The monoisotopic (exact) mass is 276 g/mol. The standard InChI is InChI=1S/C12H14F2N2O.ClH/c1-8-7-16(5-4-15-8)12(17)10-6-9(13)2-3-11(10)14;/h2-3,6,8,15H,4-5,7H2,1H3;1H. The number of rotatable bonds is 1. The number of carbonyl (C=O) groups is 1. The van der Waals surface area contributed by atoms with Crippen molar-refractivity contribution >= 4 is 18.3 Å². The Morgan fingerprint density at radius 3 is 2.83 bits per heavy atom. The fourth-order valence-electron chi connectivity index (χ4n) is 1.95. The van der Waals surface area contributed by atoms with Gasteiger partial charge < -0.3 is 10.2 Å². The van der Waals surface area contributed by atoms with Gasteiger partial charge in [0.15, 0.2) is 0 Å². The Labute approximate surface area is 111 Å². The number of piperazine rings is 1. The van der Waals surface area contributed by atoms with Gasteiger partial charge in [-0.1, -0.05) is 0 Å². The molecule has 0 radical (unpaired) electrons. The Kier molecular flexibility index (Phi) is 5.04. The summed E-state index contributed by atoms with van der Waals surface area (Å²) in [5.41, 5.74) is -0.195. The van der Waals surface area contributed by atoms with E-state index < -0.39 is 17.5 Å². The Bertz CT molecular complexity index is 442. The fraction of sp³-hybridized carbons (Fsp3) is 0.417. The van der Waals surface area contributed by atoms with Crippen LogP contribution in [0.5, 0.6) is 0 Å². The van der Waals surface area contributed by atoms with Crippen molar-refractivity contribution in [3.8, 4) is 0 Å². The largest absolute Gasteiger partial charge is 0.336 e. The number of amides is 1. The molecule has 1 atom stereocenters. The molecular weight excluding hydrogens is 262 g/mol. The molecule has 1 fully saturated rings. The first-order valence-corrected chi connectivity index (χ1v) is 5.55. The van der Waals surface area contributed by atoms with Crippen molar-refractivity contribution < 1.29 is 13.6 Å². The van der Waals surface area contributed by atoms with Crippen LogP contribution in [-0.4, -0.2) is 36.5 Å². The maximum atomic E-state index is 13.4. The van der Waals surface area contributed by atoms with Crippen LogP contribution in [-0.2, 0) is 0 Å². The van der Waals surface area contributed by atoms with Crippen LogP contribution in [0.3, 0.4) is 0 Å². The molecule has 18 heavy (non-hydrogen) atoms. The average molecular weight is 277 g/mol. The summed E-state index contributed by atoms with van der Waals surface area (Å²) in [5.74, 6) is -1.73. The molecule has 100 valence electrons. The molecule has 1 aromatic carbocycles. The van der Waals surface area contributed by atoms with Crippen LogP contribution in [0.15, 0.2) is 18.2 Å². The van der Waals surface area contributed by atoms with Gasteiger partial charge in [0, 0.05) is 25.7 Å². The predicted molar refractivity (Wildman–Crippen MR) is 67.0 cm³/mol. The molecule has 0 aromatic heterocycles. The third-order valence-electron chi connectivity index (χ3n) is 2.81. The lowest BCUT2D eigenvalue weighted by Gasteiger charge is -2.32. The van der Waals surface area contributed by atoms with E-state index >= 15 is 0 Å². The van der Waals surface area contributed by atoms with Gasteiger partial charge in [-0.2, -0.15) is 0 Å². The molecule has 1 aromatic rings. The van der Waals surface area contributed by atoms with E-state index in [1.54, 1.807) is 4.90 Å². The molecule has 0 spiro atoms. The molecule has 1 aliphatic rings. The number of nitrogens with one attached hydrogen (secondary N) is 1. The lowest BCUT2D eigenvalue weighted by atomic mass is 10.1. The summed E-state index contributed by atoms with van der Waals surface area (Å²) in [5, 5.41) is 3.18. The normalized spacial score (nSPS) is 19.3. The van der Waals surface area contributed by atoms with E-state index in [1.807, 2.05) is 6.92 Å². The molecule has 1 saturated heterocycles. The topological polar surface area (TPSA) is 32.3 Å². The SMILES string of the molecule is CC1CN(C(=O)c2cc(F)ccc2F)CCN1.Cl. The Balaban J connectivity index is 0.00000162. The molecule has 1 amide bonds. The Morgan fingerprint density at radius 2 is 2.17 bits per heavy atom. The molecule has 1 unspecified atom stereocenters. The van der Waals surface area contributed by atoms with Crippen LogP contribution in [0, 0.1) is 11.6 Å². The van der Waals surface area contributed by atoms with Gasteiger partial charge in [-0.15, -0.1) is 12.4 Å². The van der Waals surface area contributed by atoms with Gasteiger partial charge >= 0.3 is 0 Å². The van der Waals surface area contributed by atoms with E-state index in [0.29, 0.717) is 19.6 Å². The summed E-state index contributed by atoms with van der Waals surface area (Å²) in [6, 6.07) is 3.11. The van der Waals surface area contributed by atoms with Gasteiger partial charge in [-0.3, -0.25) is 4.79 Å². The molecule has 2 rings (SSSR count). The zero-order valence-corrected chi connectivity index (χ0v) is 10.8. The first kappa shape index (κ1) is 14.9. The highest BCUT2D eigenvalue weighted by Gasteiger charge is 2.23. The number of hydrogen-bond acceptors (Lipinski definition) is 2. The zero-order chi connectivity index (χ0) is 12.4. The van der Waals surface area contributed by atoms with Crippen LogP contribution in [0.2, 0.25) is 0 Å². The van der Waals surface area contributed by atoms with Gasteiger partial charge in [-0.05, 0) is 25.1 Å². The van der Waals surface area contributed by atoms with Crippen molar-refractivity contribution in [3.05, 3.63) is 35.4 Å². The van der Waals surface area contributed by atoms with Crippen LogP contribution < -0.4 is 5.32 Å². The van der Waals surface area contributed by atoms with Crippen LogP contribution in [0.4, 0.5) is 8.78 Å². The summed E-state index contributed by atoms with van der Waals surface area (Å²) in [4.78, 5) is 13.6. The highest BCUT2D eigenvalue weighted by atomic mass is 35.5. The van der Waals surface area contributed by atoms with Gasteiger partial charge in [0.1, 0.15) is 11.6 Å². The average Bonchev–Trinajstić information content (AvgIpc) is 2.31. The van der Waals surface area contributed by atoms with Crippen molar-refractivity contribution in [3.63, 3.8) is 0 Å². The first-order valence-electron chi connectivity index (χ1n) is 5.55. The lowest BCUT2D eigenvalue weighted by molar-refractivity contribution is 0.0704. The van der Waals surface area contributed by atoms with E-state index in [1.165, 1.54) is 0 Å². The van der Waals surface area contributed by atoms with E-state index in [2.05, 4.69) is 5.32 Å². The van der Waals surface area contributed by atoms with Crippen molar-refractivity contribution in [1.82, 2.24) is 10.2 Å². The molecular formula is C12H15ClF2N2O. The molecule has 0 saturated carbocycles. The van der Waals surface area contributed by atoms with Gasteiger partial charge in [-0.25, -0.2) is 8.78 Å². The lowest BCUT2D eigenvalue weighted by Crippen LogP contribution is -2.51. The molecule has 3 nitrogen and oxygen atoms in total. The third-order valence-corrected chi connectivity index (χ3v) is 2.81. The van der Waals surface area contributed by atoms with Gasteiger partial charge in [0.25, 0.3) is 5.91 Å². The first-order chi connectivity index (χ1) is 8.08. The maximum absolute atomic E-state index is 13.4. The van der Waals surface area contributed by atoms with Crippen molar-refractivity contribution in [2.24, 2.45) is 0 Å². The fourth-order valence-corrected chi connectivity index (χ4v) is 1.95. The molecule has 1 heterocycles. The minimum Gasteiger partial charge on any atom is -0.336 e. The number of carbonyl (C=O) groups excluding carboxylic acids is 1. The van der Waals surface area contributed by atoms with E-state index in [9.17, 15) is 13.6 Å².